The number of ether oxygens (including phenoxy) is 1. The van der Waals surface area contributed by atoms with Gasteiger partial charge in [-0.25, -0.2) is 13.4 Å². The molecule has 5 nitrogen and oxygen atoms in total. The Kier molecular flexibility index (Phi) is 6.37. The number of halogens is 1. The molecule has 0 aliphatic heterocycles. The number of hydrogen-bond acceptors (Lipinski definition) is 4. The molecule has 0 fully saturated rings. The third-order valence-corrected chi connectivity index (χ3v) is 3.80. The van der Waals surface area contributed by atoms with E-state index < -0.39 is 10.0 Å². The number of pyridine rings is 1. The topological polar surface area (TPSA) is 68.3 Å². The number of rotatable bonds is 8. The van der Waals surface area contributed by atoms with Gasteiger partial charge in [0.05, 0.1) is 11.9 Å². The number of nitrogens with one attached hydrogen (secondary N) is 1. The van der Waals surface area contributed by atoms with Gasteiger partial charge in [0.2, 0.25) is 15.9 Å². The molecule has 0 aromatic carbocycles. The zero-order chi connectivity index (χ0) is 14.3. The van der Waals surface area contributed by atoms with E-state index in [1.54, 1.807) is 18.3 Å². The van der Waals surface area contributed by atoms with Gasteiger partial charge in [-0.15, -0.1) is 11.6 Å². The van der Waals surface area contributed by atoms with Crippen LogP contribution in [-0.2, 0) is 10.0 Å². The fourth-order valence-corrected chi connectivity index (χ4v) is 2.76. The van der Waals surface area contributed by atoms with Gasteiger partial charge < -0.3 is 4.74 Å². The third-order valence-electron chi connectivity index (χ3n) is 2.18. The minimum atomic E-state index is -3.39. The van der Waals surface area contributed by atoms with Crippen LogP contribution in [-0.4, -0.2) is 31.1 Å². The maximum Gasteiger partial charge on any atom is 0.238 e. The Morgan fingerprint density at radius 2 is 2.16 bits per heavy atom. The quantitative estimate of drug-likeness (QED) is 0.592. The molecule has 0 saturated heterocycles. The van der Waals surface area contributed by atoms with Gasteiger partial charge in [0.1, 0.15) is 5.69 Å². The molecule has 1 aromatic heterocycles. The van der Waals surface area contributed by atoms with E-state index in [0.717, 1.165) is 0 Å². The molecule has 0 aliphatic carbocycles. The van der Waals surface area contributed by atoms with Crippen LogP contribution in [0.5, 0.6) is 5.88 Å². The summed E-state index contributed by atoms with van der Waals surface area (Å²) in [5, 5.41) is 0. The third kappa shape index (κ3) is 6.11. The van der Waals surface area contributed by atoms with Crippen molar-refractivity contribution in [2.75, 3.05) is 16.4 Å². The molecule has 0 atom stereocenters. The molecule has 0 radical (unpaired) electrons. The van der Waals surface area contributed by atoms with E-state index >= 15 is 0 Å². The van der Waals surface area contributed by atoms with Crippen molar-refractivity contribution in [2.24, 2.45) is 0 Å². The molecule has 0 spiro atoms. The van der Waals surface area contributed by atoms with E-state index in [4.69, 9.17) is 16.3 Å². The molecular weight excluding hydrogens is 288 g/mol. The van der Waals surface area contributed by atoms with Crippen molar-refractivity contribution < 1.29 is 13.2 Å². The normalized spacial score (nSPS) is 11.6. The van der Waals surface area contributed by atoms with Crippen LogP contribution in [0.15, 0.2) is 18.3 Å². The number of aromatic nitrogens is 1. The summed E-state index contributed by atoms with van der Waals surface area (Å²) >= 11 is 5.53. The lowest BCUT2D eigenvalue weighted by atomic mass is 10.4. The highest BCUT2D eigenvalue weighted by Crippen LogP contribution is 2.23. The first kappa shape index (κ1) is 16.0. The zero-order valence-electron chi connectivity index (χ0n) is 11.1. The number of anilines is 1. The van der Waals surface area contributed by atoms with E-state index in [2.05, 4.69) is 9.71 Å². The van der Waals surface area contributed by atoms with E-state index in [-0.39, 0.29) is 11.9 Å². The highest BCUT2D eigenvalue weighted by Gasteiger charge is 2.14. The second kappa shape index (κ2) is 7.55. The monoisotopic (exact) mass is 306 g/mol. The molecule has 0 aliphatic rings. The Bertz CT molecular complexity index is 492. The van der Waals surface area contributed by atoms with Crippen molar-refractivity contribution in [3.8, 4) is 5.88 Å². The summed E-state index contributed by atoms with van der Waals surface area (Å²) in [6, 6.07) is 3.29. The molecule has 0 saturated carbocycles. The Labute approximate surface area is 119 Å². The molecule has 0 unspecified atom stereocenters. The van der Waals surface area contributed by atoms with Crippen LogP contribution in [0.1, 0.15) is 26.7 Å². The largest absolute Gasteiger partial charge is 0.473 e. The summed E-state index contributed by atoms with van der Waals surface area (Å²) in [6.45, 7) is 3.71. The van der Waals surface area contributed by atoms with Crippen molar-refractivity contribution in [1.29, 1.82) is 0 Å². The Morgan fingerprint density at radius 1 is 1.42 bits per heavy atom. The van der Waals surface area contributed by atoms with Crippen LogP contribution in [0.4, 0.5) is 5.69 Å². The molecule has 7 heteroatoms. The fourth-order valence-electron chi connectivity index (χ4n) is 1.39. The molecule has 1 heterocycles. The SMILES string of the molecule is CC(C)Oc1ncccc1NS(=O)(=O)CCCCCl. The zero-order valence-corrected chi connectivity index (χ0v) is 12.7. The van der Waals surface area contributed by atoms with Crippen LogP contribution in [0.3, 0.4) is 0 Å². The number of sulfonamides is 1. The number of hydrogen-bond donors (Lipinski definition) is 1. The van der Waals surface area contributed by atoms with E-state index in [0.29, 0.717) is 30.3 Å². The average Bonchev–Trinajstić information content (AvgIpc) is 2.31. The smallest absolute Gasteiger partial charge is 0.238 e. The maximum absolute atomic E-state index is 11.9. The van der Waals surface area contributed by atoms with Crippen LogP contribution in [0.25, 0.3) is 0 Å². The van der Waals surface area contributed by atoms with Gasteiger partial charge in [-0.05, 0) is 38.8 Å². The van der Waals surface area contributed by atoms with E-state index in [9.17, 15) is 8.42 Å². The highest BCUT2D eigenvalue weighted by atomic mass is 35.5. The number of alkyl halides is 1. The molecule has 1 N–H and O–H groups in total. The van der Waals surface area contributed by atoms with Crippen LogP contribution in [0.2, 0.25) is 0 Å². The van der Waals surface area contributed by atoms with Crippen molar-refractivity contribution in [1.82, 2.24) is 4.98 Å². The van der Waals surface area contributed by atoms with Gasteiger partial charge in [-0.1, -0.05) is 0 Å². The second-order valence-electron chi connectivity index (χ2n) is 4.34. The lowest BCUT2D eigenvalue weighted by molar-refractivity contribution is 0.234. The predicted molar refractivity (Wildman–Crippen MR) is 77.4 cm³/mol. The molecule has 19 heavy (non-hydrogen) atoms. The molecule has 1 rings (SSSR count). The Balaban J connectivity index is 2.75. The molecular formula is C12H19ClN2O3S. The van der Waals surface area contributed by atoms with Crippen molar-refractivity contribution in [2.45, 2.75) is 32.8 Å². The number of unbranched alkanes of at least 4 members (excludes halogenated alkanes) is 1. The average molecular weight is 307 g/mol. The fraction of sp³-hybridized carbons (Fsp3) is 0.583. The van der Waals surface area contributed by atoms with Crippen molar-refractivity contribution >= 4 is 27.3 Å². The van der Waals surface area contributed by atoms with Gasteiger partial charge in [-0.3, -0.25) is 4.72 Å². The predicted octanol–water partition coefficient (Wildman–Crippen LogP) is 2.63. The lowest BCUT2D eigenvalue weighted by Crippen LogP contribution is -2.18. The van der Waals surface area contributed by atoms with Gasteiger partial charge >= 0.3 is 0 Å². The van der Waals surface area contributed by atoms with Crippen LogP contribution < -0.4 is 9.46 Å². The van der Waals surface area contributed by atoms with Gasteiger partial charge in [-0.2, -0.15) is 0 Å². The van der Waals surface area contributed by atoms with Gasteiger partial charge in [0, 0.05) is 12.1 Å². The van der Waals surface area contributed by atoms with Gasteiger partial charge in [0.25, 0.3) is 0 Å². The summed E-state index contributed by atoms with van der Waals surface area (Å²) in [7, 11) is -3.39. The van der Waals surface area contributed by atoms with Crippen molar-refractivity contribution in [3.05, 3.63) is 18.3 Å². The summed E-state index contributed by atoms with van der Waals surface area (Å²) in [5.41, 5.74) is 0.363. The molecule has 0 bridgehead atoms. The lowest BCUT2D eigenvalue weighted by Gasteiger charge is -2.14. The first-order valence-electron chi connectivity index (χ1n) is 6.13. The first-order chi connectivity index (χ1) is 8.94. The summed E-state index contributed by atoms with van der Waals surface area (Å²) in [5.74, 6) is 0.790. The summed E-state index contributed by atoms with van der Waals surface area (Å²) in [4.78, 5) is 4.03. The summed E-state index contributed by atoms with van der Waals surface area (Å²) < 4.78 is 31.7. The Hall–Kier alpha value is -1.01. The number of nitrogens with zero attached hydrogens (tertiary/aromatic N) is 1. The van der Waals surface area contributed by atoms with Gasteiger partial charge in [0.15, 0.2) is 0 Å². The minimum Gasteiger partial charge on any atom is -0.473 e. The minimum absolute atomic E-state index is 0.0374. The van der Waals surface area contributed by atoms with Crippen LogP contribution >= 0.6 is 11.6 Å². The maximum atomic E-state index is 11.9. The molecule has 108 valence electrons. The van der Waals surface area contributed by atoms with Crippen molar-refractivity contribution in [3.63, 3.8) is 0 Å². The Morgan fingerprint density at radius 3 is 2.79 bits per heavy atom. The highest BCUT2D eigenvalue weighted by molar-refractivity contribution is 7.92. The van der Waals surface area contributed by atoms with E-state index in [1.807, 2.05) is 13.8 Å². The van der Waals surface area contributed by atoms with E-state index in [1.165, 1.54) is 0 Å². The molecule has 0 amide bonds. The second-order valence-corrected chi connectivity index (χ2v) is 6.56. The standard InChI is InChI=1S/C12H19ClN2O3S/c1-10(2)18-12-11(6-5-8-14-12)15-19(16,17)9-4-3-7-13/h5-6,8,10,15H,3-4,7,9H2,1-2H3. The summed E-state index contributed by atoms with van der Waals surface area (Å²) in [6.07, 6.45) is 2.68. The molecule has 1 aromatic rings. The van der Waals surface area contributed by atoms with Crippen LogP contribution in [0, 0.1) is 0 Å². The first-order valence-corrected chi connectivity index (χ1v) is 8.31.